The van der Waals surface area contributed by atoms with Crippen molar-refractivity contribution in [3.8, 4) is 0 Å². The molecule has 2 amide bonds. The van der Waals surface area contributed by atoms with Gasteiger partial charge in [-0.2, -0.15) is 0 Å². The quantitative estimate of drug-likeness (QED) is 0.853. The van der Waals surface area contributed by atoms with Crippen LogP contribution in [0.4, 0.5) is 10.1 Å². The molecule has 0 radical (unpaired) electrons. The molecule has 1 atom stereocenters. The van der Waals surface area contributed by atoms with Gasteiger partial charge in [-0.25, -0.2) is 4.39 Å². The highest BCUT2D eigenvalue weighted by Crippen LogP contribution is 2.29. The predicted octanol–water partition coefficient (Wildman–Crippen LogP) is 1.82. The van der Waals surface area contributed by atoms with Crippen molar-refractivity contribution in [1.29, 1.82) is 0 Å². The van der Waals surface area contributed by atoms with E-state index in [1.807, 2.05) is 0 Å². The highest BCUT2D eigenvalue weighted by Gasteiger charge is 2.38. The van der Waals surface area contributed by atoms with Gasteiger partial charge in [0.1, 0.15) is 5.82 Å². The Balaban J connectivity index is 1.66. The van der Waals surface area contributed by atoms with Gasteiger partial charge in [-0.15, -0.1) is 0 Å². The highest BCUT2D eigenvalue weighted by atomic mass is 19.1. The SMILES string of the molecule is COC1CCN(C(=O)[C@H]2CC(=O)N(c3ccccc3F)C2)CC1. The monoisotopic (exact) mass is 320 g/mol. The summed E-state index contributed by atoms with van der Waals surface area (Å²) in [4.78, 5) is 28.0. The summed E-state index contributed by atoms with van der Waals surface area (Å²) in [6.45, 7) is 1.56. The smallest absolute Gasteiger partial charge is 0.228 e. The zero-order valence-electron chi connectivity index (χ0n) is 13.2. The van der Waals surface area contributed by atoms with Gasteiger partial charge in [-0.3, -0.25) is 9.59 Å². The summed E-state index contributed by atoms with van der Waals surface area (Å²) in [5.74, 6) is -1.02. The molecule has 2 fully saturated rings. The van der Waals surface area contributed by atoms with E-state index >= 15 is 0 Å². The number of halogens is 1. The molecule has 0 saturated carbocycles. The zero-order chi connectivity index (χ0) is 16.4. The maximum Gasteiger partial charge on any atom is 0.228 e. The minimum absolute atomic E-state index is 0.00765. The molecule has 0 N–H and O–H groups in total. The van der Waals surface area contributed by atoms with Gasteiger partial charge in [-0.05, 0) is 25.0 Å². The summed E-state index contributed by atoms with van der Waals surface area (Å²) < 4.78 is 19.2. The van der Waals surface area contributed by atoms with Crippen LogP contribution in [0, 0.1) is 11.7 Å². The molecule has 2 aliphatic rings. The van der Waals surface area contributed by atoms with Crippen molar-refractivity contribution in [3.05, 3.63) is 30.1 Å². The first kappa shape index (κ1) is 15.9. The summed E-state index contributed by atoms with van der Waals surface area (Å²) >= 11 is 0. The molecule has 0 unspecified atom stereocenters. The van der Waals surface area contributed by atoms with E-state index in [9.17, 15) is 14.0 Å². The number of methoxy groups -OCH3 is 1. The number of nitrogens with zero attached hydrogens (tertiary/aromatic N) is 2. The number of piperidine rings is 1. The van der Waals surface area contributed by atoms with Crippen molar-refractivity contribution in [2.24, 2.45) is 5.92 Å². The molecule has 1 aromatic carbocycles. The molecule has 0 aromatic heterocycles. The number of carbonyl (C=O) groups is 2. The second kappa shape index (κ2) is 6.66. The highest BCUT2D eigenvalue weighted by molar-refractivity contribution is 6.00. The van der Waals surface area contributed by atoms with Gasteiger partial charge in [0, 0.05) is 33.2 Å². The number of hydrogen-bond donors (Lipinski definition) is 0. The summed E-state index contributed by atoms with van der Waals surface area (Å²) in [5, 5.41) is 0. The molecule has 124 valence electrons. The van der Waals surface area contributed by atoms with Gasteiger partial charge < -0.3 is 14.5 Å². The molecular weight excluding hydrogens is 299 g/mol. The van der Waals surface area contributed by atoms with Gasteiger partial charge in [0.05, 0.1) is 17.7 Å². The molecule has 3 rings (SSSR count). The van der Waals surface area contributed by atoms with Crippen molar-refractivity contribution in [2.75, 3.05) is 31.6 Å². The molecule has 0 bridgehead atoms. The number of ether oxygens (including phenoxy) is 1. The number of hydrogen-bond acceptors (Lipinski definition) is 3. The minimum atomic E-state index is -0.435. The van der Waals surface area contributed by atoms with E-state index in [4.69, 9.17) is 4.74 Å². The Morgan fingerprint density at radius 2 is 1.96 bits per heavy atom. The first-order chi connectivity index (χ1) is 11.1. The number of anilines is 1. The topological polar surface area (TPSA) is 49.9 Å². The van der Waals surface area contributed by atoms with Gasteiger partial charge in [0.15, 0.2) is 0 Å². The molecule has 6 heteroatoms. The lowest BCUT2D eigenvalue weighted by Gasteiger charge is -2.32. The van der Waals surface area contributed by atoms with Crippen LogP contribution in [0.5, 0.6) is 0 Å². The summed E-state index contributed by atoms with van der Waals surface area (Å²) in [5.41, 5.74) is 0.255. The lowest BCUT2D eigenvalue weighted by Crippen LogP contribution is -2.44. The first-order valence-electron chi connectivity index (χ1n) is 7.96. The number of likely N-dealkylation sites (tertiary alicyclic amines) is 1. The van der Waals surface area contributed by atoms with Crippen molar-refractivity contribution < 1.29 is 18.7 Å². The fraction of sp³-hybridized carbons (Fsp3) is 0.529. The lowest BCUT2D eigenvalue weighted by molar-refractivity contribution is -0.138. The van der Waals surface area contributed by atoms with E-state index in [2.05, 4.69) is 0 Å². The molecule has 5 nitrogen and oxygen atoms in total. The van der Waals surface area contributed by atoms with E-state index < -0.39 is 5.82 Å². The van der Waals surface area contributed by atoms with Crippen molar-refractivity contribution in [1.82, 2.24) is 4.90 Å². The van der Waals surface area contributed by atoms with Gasteiger partial charge >= 0.3 is 0 Å². The lowest BCUT2D eigenvalue weighted by atomic mass is 10.0. The second-order valence-corrected chi connectivity index (χ2v) is 6.12. The first-order valence-corrected chi connectivity index (χ1v) is 7.96. The number of rotatable bonds is 3. The van der Waals surface area contributed by atoms with Gasteiger partial charge in [-0.1, -0.05) is 12.1 Å². The number of para-hydroxylation sites is 1. The molecule has 0 aliphatic carbocycles. The van der Waals surface area contributed by atoms with Crippen LogP contribution in [0.25, 0.3) is 0 Å². The summed E-state index contributed by atoms with van der Waals surface area (Å²) in [6, 6.07) is 6.18. The maximum atomic E-state index is 13.9. The van der Waals surface area contributed by atoms with Crippen LogP contribution < -0.4 is 4.90 Å². The Morgan fingerprint density at radius 3 is 2.61 bits per heavy atom. The molecule has 1 aromatic rings. The fourth-order valence-corrected chi connectivity index (χ4v) is 3.35. The van der Waals surface area contributed by atoms with Gasteiger partial charge in [0.25, 0.3) is 0 Å². The molecule has 23 heavy (non-hydrogen) atoms. The van der Waals surface area contributed by atoms with E-state index in [1.165, 1.54) is 11.0 Å². The van der Waals surface area contributed by atoms with Crippen LogP contribution in [0.1, 0.15) is 19.3 Å². The van der Waals surface area contributed by atoms with Crippen LogP contribution in [-0.4, -0.2) is 49.6 Å². The Morgan fingerprint density at radius 1 is 1.26 bits per heavy atom. The normalized spacial score (nSPS) is 22.7. The molecule has 0 spiro atoms. The van der Waals surface area contributed by atoms with Crippen LogP contribution in [0.3, 0.4) is 0 Å². The summed E-state index contributed by atoms with van der Waals surface area (Å²) in [7, 11) is 1.68. The second-order valence-electron chi connectivity index (χ2n) is 6.12. The van der Waals surface area contributed by atoms with E-state index in [0.717, 1.165) is 12.8 Å². The largest absolute Gasteiger partial charge is 0.381 e. The average Bonchev–Trinajstić information content (AvgIpc) is 2.96. The average molecular weight is 320 g/mol. The predicted molar refractivity (Wildman–Crippen MR) is 83.5 cm³/mol. The zero-order valence-corrected chi connectivity index (χ0v) is 13.2. The molecular formula is C17H21FN2O3. The Kier molecular flexibility index (Phi) is 4.61. The molecule has 2 heterocycles. The van der Waals surface area contributed by atoms with Crippen molar-refractivity contribution in [2.45, 2.75) is 25.4 Å². The number of amides is 2. The van der Waals surface area contributed by atoms with E-state index in [-0.39, 0.29) is 42.5 Å². The van der Waals surface area contributed by atoms with Crippen LogP contribution >= 0.6 is 0 Å². The van der Waals surface area contributed by atoms with Gasteiger partial charge in [0.2, 0.25) is 11.8 Å². The molecule has 2 saturated heterocycles. The van der Waals surface area contributed by atoms with Crippen LogP contribution in [-0.2, 0) is 14.3 Å². The van der Waals surface area contributed by atoms with E-state index in [1.54, 1.807) is 30.2 Å². The maximum absolute atomic E-state index is 13.9. The summed E-state index contributed by atoms with van der Waals surface area (Å²) in [6.07, 6.45) is 2.00. The van der Waals surface area contributed by atoms with E-state index in [0.29, 0.717) is 13.1 Å². The fourth-order valence-electron chi connectivity index (χ4n) is 3.35. The Hall–Kier alpha value is -1.95. The standard InChI is InChI=1S/C17H21FN2O3/c1-23-13-6-8-19(9-7-13)17(22)12-10-16(21)20(11-12)15-5-3-2-4-14(15)18/h2-5,12-13H,6-11H2,1H3/t12-/m0/s1. The van der Waals surface area contributed by atoms with Crippen molar-refractivity contribution >= 4 is 17.5 Å². The number of benzene rings is 1. The van der Waals surface area contributed by atoms with Crippen LogP contribution in [0.2, 0.25) is 0 Å². The third-order valence-corrected chi connectivity index (χ3v) is 4.70. The Labute approximate surface area is 135 Å². The van der Waals surface area contributed by atoms with Crippen LogP contribution in [0.15, 0.2) is 24.3 Å². The number of carbonyl (C=O) groups excluding carboxylic acids is 2. The Bertz CT molecular complexity index is 599. The third-order valence-electron chi connectivity index (χ3n) is 4.70. The molecule has 2 aliphatic heterocycles. The minimum Gasteiger partial charge on any atom is -0.381 e. The third kappa shape index (κ3) is 3.22. The van der Waals surface area contributed by atoms with Crippen molar-refractivity contribution in [3.63, 3.8) is 0 Å².